The van der Waals surface area contributed by atoms with E-state index in [1.165, 1.54) is 0 Å². The first kappa shape index (κ1) is 7.10. The van der Waals surface area contributed by atoms with Gasteiger partial charge in [0.05, 0.1) is 6.04 Å². The molecule has 1 amide bonds. The summed E-state index contributed by atoms with van der Waals surface area (Å²) in [6.07, 6.45) is 0. The minimum Gasteiger partial charge on any atom is -0.341 e. The van der Waals surface area contributed by atoms with E-state index in [4.69, 9.17) is 0 Å². The molecule has 2 rings (SSSR count). The Morgan fingerprint density at radius 2 is 1.92 bits per heavy atom. The molecule has 0 saturated carbocycles. The second kappa shape index (κ2) is 2.48. The summed E-state index contributed by atoms with van der Waals surface area (Å²) in [6, 6.07) is 9.86. The molecule has 0 spiro atoms. The molecule has 1 aliphatic heterocycles. The van der Waals surface area contributed by atoms with Crippen molar-refractivity contribution in [1.29, 1.82) is 0 Å². The summed E-state index contributed by atoms with van der Waals surface area (Å²) in [4.78, 5) is 10.8. The van der Waals surface area contributed by atoms with Crippen LogP contribution in [0.1, 0.15) is 11.6 Å². The van der Waals surface area contributed by atoms with Crippen molar-refractivity contribution < 1.29 is 4.79 Å². The van der Waals surface area contributed by atoms with Gasteiger partial charge in [-0.2, -0.15) is 0 Å². The highest BCUT2D eigenvalue weighted by Gasteiger charge is 2.31. The van der Waals surface area contributed by atoms with Crippen LogP contribution in [0.25, 0.3) is 0 Å². The van der Waals surface area contributed by atoms with Crippen LogP contribution in [-0.4, -0.2) is 5.91 Å². The van der Waals surface area contributed by atoms with Crippen molar-refractivity contribution in [2.45, 2.75) is 6.04 Å². The highest BCUT2D eigenvalue weighted by atomic mass is 16.2. The first-order valence-electron chi connectivity index (χ1n) is 3.83. The van der Waals surface area contributed by atoms with Crippen molar-refractivity contribution in [3.63, 3.8) is 0 Å². The van der Waals surface area contributed by atoms with Crippen LogP contribution in [0.3, 0.4) is 0 Å². The molecule has 60 valence electrons. The van der Waals surface area contributed by atoms with E-state index in [0.717, 1.165) is 5.56 Å². The number of amides is 1. The molecule has 0 unspecified atom stereocenters. The van der Waals surface area contributed by atoms with Crippen molar-refractivity contribution >= 4 is 5.91 Å². The molecule has 0 radical (unpaired) electrons. The van der Waals surface area contributed by atoms with Crippen LogP contribution in [0.5, 0.6) is 0 Å². The van der Waals surface area contributed by atoms with Gasteiger partial charge in [-0.3, -0.25) is 4.79 Å². The van der Waals surface area contributed by atoms with Crippen LogP contribution in [0.4, 0.5) is 0 Å². The molecular formula is C10H9NO. The molecule has 1 atom stereocenters. The number of nitrogens with one attached hydrogen (secondary N) is 1. The van der Waals surface area contributed by atoms with Gasteiger partial charge in [0.15, 0.2) is 0 Å². The molecule has 1 fully saturated rings. The average Bonchev–Trinajstić information content (AvgIpc) is 2.15. The highest BCUT2D eigenvalue weighted by molar-refractivity contribution is 6.01. The quantitative estimate of drug-likeness (QED) is 0.487. The SMILES string of the molecule is C=C1C(=O)N[C@H]1c1ccccc1. The largest absolute Gasteiger partial charge is 0.341 e. The van der Waals surface area contributed by atoms with Gasteiger partial charge in [0.2, 0.25) is 5.91 Å². The van der Waals surface area contributed by atoms with Gasteiger partial charge in [0, 0.05) is 5.57 Å². The number of carbonyl (C=O) groups is 1. The number of rotatable bonds is 1. The first-order chi connectivity index (χ1) is 5.79. The maximum Gasteiger partial charge on any atom is 0.249 e. The number of carbonyl (C=O) groups excluding carboxylic acids is 1. The lowest BCUT2D eigenvalue weighted by atomic mass is 9.93. The van der Waals surface area contributed by atoms with Gasteiger partial charge in [-0.05, 0) is 5.56 Å². The number of benzene rings is 1. The molecule has 1 aliphatic rings. The van der Waals surface area contributed by atoms with Crippen molar-refractivity contribution in [1.82, 2.24) is 5.32 Å². The molecule has 12 heavy (non-hydrogen) atoms. The highest BCUT2D eigenvalue weighted by Crippen LogP contribution is 2.27. The van der Waals surface area contributed by atoms with E-state index >= 15 is 0 Å². The molecular weight excluding hydrogens is 150 g/mol. The third kappa shape index (κ3) is 0.925. The Hall–Kier alpha value is -1.57. The van der Waals surface area contributed by atoms with Gasteiger partial charge in [0.25, 0.3) is 0 Å². The second-order valence-electron chi connectivity index (χ2n) is 2.84. The third-order valence-corrected chi connectivity index (χ3v) is 2.05. The van der Waals surface area contributed by atoms with Crippen molar-refractivity contribution in [2.75, 3.05) is 0 Å². The fraction of sp³-hybridized carbons (Fsp3) is 0.100. The van der Waals surface area contributed by atoms with Crippen LogP contribution in [-0.2, 0) is 4.79 Å². The standard InChI is InChI=1S/C10H9NO/c1-7-9(11-10(7)12)8-5-3-2-4-6-8/h2-6,9H,1H2,(H,11,12)/t9-/m1/s1. The molecule has 2 heteroatoms. The Morgan fingerprint density at radius 1 is 1.25 bits per heavy atom. The van der Waals surface area contributed by atoms with E-state index in [1.54, 1.807) is 0 Å². The first-order valence-corrected chi connectivity index (χ1v) is 3.83. The number of hydrogen-bond acceptors (Lipinski definition) is 1. The molecule has 0 aromatic heterocycles. The topological polar surface area (TPSA) is 29.1 Å². The molecule has 0 bridgehead atoms. The molecule has 1 aromatic rings. The van der Waals surface area contributed by atoms with Gasteiger partial charge in [-0.25, -0.2) is 0 Å². The lowest BCUT2D eigenvalue weighted by Gasteiger charge is -2.29. The summed E-state index contributed by atoms with van der Waals surface area (Å²) in [5, 5.41) is 2.77. The zero-order valence-corrected chi connectivity index (χ0v) is 6.58. The van der Waals surface area contributed by atoms with E-state index in [9.17, 15) is 4.79 Å². The van der Waals surface area contributed by atoms with Crippen LogP contribution in [0.2, 0.25) is 0 Å². The summed E-state index contributed by atoms with van der Waals surface area (Å²) in [5.74, 6) is -0.0381. The molecule has 2 nitrogen and oxygen atoms in total. The van der Waals surface area contributed by atoms with Crippen molar-refractivity contribution in [2.24, 2.45) is 0 Å². The molecule has 1 heterocycles. The molecule has 1 N–H and O–H groups in total. The Kier molecular flexibility index (Phi) is 1.47. The van der Waals surface area contributed by atoms with Gasteiger partial charge in [-0.15, -0.1) is 0 Å². The number of hydrogen-bond donors (Lipinski definition) is 1. The molecule has 1 aromatic carbocycles. The predicted octanol–water partition coefficient (Wildman–Crippen LogP) is 1.41. The average molecular weight is 159 g/mol. The Morgan fingerprint density at radius 3 is 2.42 bits per heavy atom. The Balaban J connectivity index is 2.24. The van der Waals surface area contributed by atoms with Crippen LogP contribution < -0.4 is 5.32 Å². The summed E-state index contributed by atoms with van der Waals surface area (Å²) >= 11 is 0. The van der Waals surface area contributed by atoms with Crippen LogP contribution in [0, 0.1) is 0 Å². The van der Waals surface area contributed by atoms with Crippen LogP contribution >= 0.6 is 0 Å². The fourth-order valence-corrected chi connectivity index (χ4v) is 1.29. The zero-order valence-electron chi connectivity index (χ0n) is 6.58. The Bertz CT molecular complexity index is 329. The van der Waals surface area contributed by atoms with Crippen molar-refractivity contribution in [3.05, 3.63) is 48.0 Å². The lowest BCUT2D eigenvalue weighted by Crippen LogP contribution is -2.43. The second-order valence-corrected chi connectivity index (χ2v) is 2.84. The van der Waals surface area contributed by atoms with E-state index in [1.807, 2.05) is 30.3 Å². The molecule has 1 saturated heterocycles. The normalized spacial score (nSPS) is 21.5. The van der Waals surface area contributed by atoms with Gasteiger partial charge in [0.1, 0.15) is 0 Å². The third-order valence-electron chi connectivity index (χ3n) is 2.05. The summed E-state index contributed by atoms with van der Waals surface area (Å²) in [7, 11) is 0. The maximum absolute atomic E-state index is 10.8. The number of β-lactam (4-membered cyclic amide) rings is 1. The summed E-state index contributed by atoms with van der Waals surface area (Å²) in [5.41, 5.74) is 1.75. The smallest absolute Gasteiger partial charge is 0.249 e. The lowest BCUT2D eigenvalue weighted by molar-refractivity contribution is -0.122. The van der Waals surface area contributed by atoms with E-state index in [0.29, 0.717) is 5.57 Å². The predicted molar refractivity (Wildman–Crippen MR) is 46.5 cm³/mol. The van der Waals surface area contributed by atoms with E-state index in [-0.39, 0.29) is 11.9 Å². The van der Waals surface area contributed by atoms with Crippen molar-refractivity contribution in [3.8, 4) is 0 Å². The zero-order chi connectivity index (χ0) is 8.55. The minimum atomic E-state index is -0.0381. The minimum absolute atomic E-state index is 0.0381. The summed E-state index contributed by atoms with van der Waals surface area (Å²) in [6.45, 7) is 3.69. The van der Waals surface area contributed by atoms with Gasteiger partial charge < -0.3 is 5.32 Å². The monoisotopic (exact) mass is 159 g/mol. The molecule has 0 aliphatic carbocycles. The summed E-state index contributed by atoms with van der Waals surface area (Å²) < 4.78 is 0. The van der Waals surface area contributed by atoms with E-state index in [2.05, 4.69) is 11.9 Å². The van der Waals surface area contributed by atoms with Crippen LogP contribution in [0.15, 0.2) is 42.5 Å². The fourth-order valence-electron chi connectivity index (χ4n) is 1.29. The van der Waals surface area contributed by atoms with Gasteiger partial charge in [-0.1, -0.05) is 36.9 Å². The Labute approximate surface area is 70.9 Å². The van der Waals surface area contributed by atoms with Gasteiger partial charge >= 0.3 is 0 Å². The maximum atomic E-state index is 10.8. The van der Waals surface area contributed by atoms with E-state index < -0.39 is 0 Å².